The second-order valence-corrected chi connectivity index (χ2v) is 7.30. The molecule has 3 aromatic carbocycles. The number of methoxy groups -OCH3 is 1. The maximum Gasteiger partial charge on any atom is 0.161 e. The number of carbonyl (C=O) groups is 1. The molecule has 0 saturated carbocycles. The van der Waals surface area contributed by atoms with E-state index in [-0.39, 0.29) is 6.04 Å². The van der Waals surface area contributed by atoms with Gasteiger partial charge in [0.05, 0.1) is 13.2 Å². The van der Waals surface area contributed by atoms with Crippen LogP contribution in [0.5, 0.6) is 11.5 Å². The van der Waals surface area contributed by atoms with Crippen molar-refractivity contribution in [2.75, 3.05) is 13.7 Å². The highest BCUT2D eigenvalue weighted by molar-refractivity contribution is 5.75. The van der Waals surface area contributed by atoms with Gasteiger partial charge in [0.15, 0.2) is 11.5 Å². The molecule has 152 valence electrons. The van der Waals surface area contributed by atoms with Crippen molar-refractivity contribution in [2.24, 2.45) is 0 Å². The van der Waals surface area contributed by atoms with Gasteiger partial charge in [-0.15, -0.1) is 0 Å². The fraction of sp³-hybridized carbons (Fsp3) is 0.192. The molecule has 30 heavy (non-hydrogen) atoms. The van der Waals surface area contributed by atoms with Crippen molar-refractivity contribution in [1.82, 2.24) is 5.32 Å². The van der Waals surface area contributed by atoms with Crippen LogP contribution >= 0.6 is 0 Å². The van der Waals surface area contributed by atoms with E-state index in [0.29, 0.717) is 12.2 Å². The van der Waals surface area contributed by atoms with E-state index in [2.05, 4.69) is 41.7 Å². The molecular formula is C26H25NO3. The van der Waals surface area contributed by atoms with E-state index in [1.54, 1.807) is 7.11 Å². The molecule has 1 atom stereocenters. The number of hydrogen-bond acceptors (Lipinski definition) is 4. The normalized spacial score (nSPS) is 15.6. The molecular weight excluding hydrogens is 374 g/mol. The number of carbonyl (C=O) groups excluding carboxylic acids is 1. The highest BCUT2D eigenvalue weighted by atomic mass is 16.5. The summed E-state index contributed by atoms with van der Waals surface area (Å²) in [7, 11) is 1.67. The third kappa shape index (κ3) is 4.61. The largest absolute Gasteiger partial charge is 0.493 e. The molecule has 0 saturated heterocycles. The third-order valence-electron chi connectivity index (χ3n) is 5.31. The number of hydrogen-bond donors (Lipinski definition) is 1. The summed E-state index contributed by atoms with van der Waals surface area (Å²) in [6.07, 6.45) is 6.03. The first-order valence-corrected chi connectivity index (χ1v) is 10.1. The molecule has 0 radical (unpaired) electrons. The Hall–Kier alpha value is -3.37. The molecule has 4 heteroatoms. The van der Waals surface area contributed by atoms with E-state index < -0.39 is 0 Å². The fourth-order valence-electron chi connectivity index (χ4n) is 3.67. The van der Waals surface area contributed by atoms with Crippen molar-refractivity contribution in [2.45, 2.75) is 19.1 Å². The van der Waals surface area contributed by atoms with Crippen molar-refractivity contribution in [1.29, 1.82) is 0 Å². The lowest BCUT2D eigenvalue weighted by Crippen LogP contribution is -2.28. The van der Waals surface area contributed by atoms with E-state index in [9.17, 15) is 4.79 Å². The Kier molecular flexibility index (Phi) is 6.26. The van der Waals surface area contributed by atoms with E-state index in [1.807, 2.05) is 42.5 Å². The van der Waals surface area contributed by atoms with Crippen LogP contribution in [-0.4, -0.2) is 19.9 Å². The lowest BCUT2D eigenvalue weighted by Gasteiger charge is -2.26. The van der Waals surface area contributed by atoms with Crippen molar-refractivity contribution in [3.8, 4) is 11.5 Å². The molecule has 0 amide bonds. The highest BCUT2D eigenvalue weighted by Crippen LogP contribution is 2.36. The molecule has 0 bridgehead atoms. The number of benzene rings is 3. The van der Waals surface area contributed by atoms with Crippen LogP contribution in [0.2, 0.25) is 0 Å². The van der Waals surface area contributed by atoms with Crippen molar-refractivity contribution in [3.05, 3.63) is 101 Å². The zero-order valence-electron chi connectivity index (χ0n) is 17.0. The number of rotatable bonds is 7. The summed E-state index contributed by atoms with van der Waals surface area (Å²) in [4.78, 5) is 10.8. The highest BCUT2D eigenvalue weighted by Gasteiger charge is 2.21. The first kappa shape index (κ1) is 19.9. The molecule has 0 spiro atoms. The van der Waals surface area contributed by atoms with Crippen LogP contribution in [0.3, 0.4) is 0 Å². The Labute approximate surface area is 177 Å². The quantitative estimate of drug-likeness (QED) is 0.569. The average Bonchev–Trinajstić information content (AvgIpc) is 2.81. The van der Waals surface area contributed by atoms with Gasteiger partial charge in [0.25, 0.3) is 0 Å². The summed E-state index contributed by atoms with van der Waals surface area (Å²) >= 11 is 0. The molecule has 1 aliphatic rings. The van der Waals surface area contributed by atoms with Crippen LogP contribution < -0.4 is 14.8 Å². The molecule has 1 N–H and O–H groups in total. The fourth-order valence-corrected chi connectivity index (χ4v) is 3.67. The standard InChI is InChI=1S/C26H25NO3/c1-29-25-16-23-22(15-26(25)30-18-21-5-3-2-4-6-21)13-14-27-24(23)12-11-19-7-9-20(17-28)10-8-19/h2-12,15-17,24,27H,13-14,18H2,1H3/b12-11+. The zero-order chi connectivity index (χ0) is 20.8. The lowest BCUT2D eigenvalue weighted by atomic mass is 9.93. The Bertz CT molecular complexity index is 1030. The summed E-state index contributed by atoms with van der Waals surface area (Å²) in [5, 5.41) is 3.56. The van der Waals surface area contributed by atoms with Gasteiger partial charge in [-0.25, -0.2) is 0 Å². The monoisotopic (exact) mass is 399 g/mol. The van der Waals surface area contributed by atoms with Crippen LogP contribution in [0.15, 0.2) is 72.8 Å². The number of aldehydes is 1. The topological polar surface area (TPSA) is 47.6 Å². The number of ether oxygens (including phenoxy) is 2. The van der Waals surface area contributed by atoms with Gasteiger partial charge < -0.3 is 14.8 Å². The minimum Gasteiger partial charge on any atom is -0.493 e. The van der Waals surface area contributed by atoms with E-state index in [4.69, 9.17) is 9.47 Å². The predicted molar refractivity (Wildman–Crippen MR) is 119 cm³/mol. The van der Waals surface area contributed by atoms with Crippen LogP contribution in [0.4, 0.5) is 0 Å². The maximum absolute atomic E-state index is 10.8. The SMILES string of the molecule is COc1cc2c(cc1OCc1ccccc1)CCNC2/C=C/c1ccc(C=O)cc1. The van der Waals surface area contributed by atoms with Gasteiger partial charge in [-0.05, 0) is 40.8 Å². The summed E-state index contributed by atoms with van der Waals surface area (Å²) in [6, 6.07) is 22.0. The van der Waals surface area contributed by atoms with Crippen LogP contribution in [0.1, 0.15) is 38.7 Å². The van der Waals surface area contributed by atoms with Gasteiger partial charge in [-0.3, -0.25) is 4.79 Å². The Balaban J connectivity index is 1.55. The Morgan fingerprint density at radius 2 is 1.77 bits per heavy atom. The third-order valence-corrected chi connectivity index (χ3v) is 5.31. The molecule has 0 aromatic heterocycles. The second kappa shape index (κ2) is 9.42. The molecule has 3 aromatic rings. The molecule has 4 nitrogen and oxygen atoms in total. The number of nitrogens with one attached hydrogen (secondary N) is 1. The smallest absolute Gasteiger partial charge is 0.161 e. The van der Waals surface area contributed by atoms with Crippen LogP contribution in [0, 0.1) is 0 Å². The van der Waals surface area contributed by atoms with Crippen molar-refractivity contribution in [3.63, 3.8) is 0 Å². The van der Waals surface area contributed by atoms with Crippen LogP contribution in [-0.2, 0) is 13.0 Å². The molecule has 0 fully saturated rings. The zero-order valence-corrected chi connectivity index (χ0v) is 17.0. The first-order chi connectivity index (χ1) is 14.8. The molecule has 1 aliphatic heterocycles. The second-order valence-electron chi connectivity index (χ2n) is 7.30. The van der Waals surface area contributed by atoms with Gasteiger partial charge in [-0.2, -0.15) is 0 Å². The van der Waals surface area contributed by atoms with Gasteiger partial charge in [0, 0.05) is 12.1 Å². The van der Waals surface area contributed by atoms with Gasteiger partial charge in [0.1, 0.15) is 12.9 Å². The minimum absolute atomic E-state index is 0.0940. The van der Waals surface area contributed by atoms with Crippen molar-refractivity contribution < 1.29 is 14.3 Å². The molecule has 0 aliphatic carbocycles. The van der Waals surface area contributed by atoms with Gasteiger partial charge >= 0.3 is 0 Å². The summed E-state index contributed by atoms with van der Waals surface area (Å²) in [5.74, 6) is 1.51. The molecule has 1 heterocycles. The summed E-state index contributed by atoms with van der Waals surface area (Å²) in [5.41, 5.74) is 5.33. The Morgan fingerprint density at radius 3 is 2.50 bits per heavy atom. The van der Waals surface area contributed by atoms with Gasteiger partial charge in [0.2, 0.25) is 0 Å². The summed E-state index contributed by atoms with van der Waals surface area (Å²) in [6.45, 7) is 1.41. The van der Waals surface area contributed by atoms with Crippen molar-refractivity contribution >= 4 is 12.4 Å². The van der Waals surface area contributed by atoms with E-state index >= 15 is 0 Å². The van der Waals surface area contributed by atoms with E-state index in [1.165, 1.54) is 11.1 Å². The predicted octanol–water partition coefficient (Wildman–Crippen LogP) is 4.99. The maximum atomic E-state index is 10.8. The first-order valence-electron chi connectivity index (χ1n) is 10.1. The summed E-state index contributed by atoms with van der Waals surface area (Å²) < 4.78 is 11.7. The molecule has 1 unspecified atom stereocenters. The Morgan fingerprint density at radius 1 is 1.00 bits per heavy atom. The van der Waals surface area contributed by atoms with E-state index in [0.717, 1.165) is 41.9 Å². The van der Waals surface area contributed by atoms with Gasteiger partial charge in [-0.1, -0.05) is 66.7 Å². The number of fused-ring (bicyclic) bond motifs is 1. The average molecular weight is 399 g/mol. The van der Waals surface area contributed by atoms with Crippen LogP contribution in [0.25, 0.3) is 6.08 Å². The lowest BCUT2D eigenvalue weighted by molar-refractivity contribution is 0.112. The minimum atomic E-state index is 0.0940. The molecule has 4 rings (SSSR count).